The highest BCUT2D eigenvalue weighted by atomic mass is 127. The van der Waals surface area contributed by atoms with Crippen LogP contribution >= 0.6 is 35.3 Å². The van der Waals surface area contributed by atoms with Crippen molar-refractivity contribution in [2.75, 3.05) is 34.2 Å². The molecule has 1 fully saturated rings. The third-order valence-corrected chi connectivity index (χ3v) is 7.35. The Morgan fingerprint density at radius 1 is 1.42 bits per heavy atom. The van der Waals surface area contributed by atoms with Crippen molar-refractivity contribution in [3.8, 4) is 0 Å². The van der Waals surface area contributed by atoms with Gasteiger partial charge in [0.05, 0.1) is 6.54 Å². The number of nitrogens with one attached hydrogen (secondary N) is 1. The zero-order valence-corrected chi connectivity index (χ0v) is 18.8. The van der Waals surface area contributed by atoms with Gasteiger partial charge in [-0.1, -0.05) is 13.8 Å². The van der Waals surface area contributed by atoms with Crippen LogP contribution in [0.15, 0.2) is 21.3 Å². The fourth-order valence-corrected chi connectivity index (χ4v) is 5.03. The summed E-state index contributed by atoms with van der Waals surface area (Å²) in [5.41, 5.74) is 0.313. The monoisotopic (exact) mass is 486 g/mol. The maximum Gasteiger partial charge on any atom is 0.252 e. The SMILES string of the molecule is CN=C(NCc1ccc(S(=O)(=O)N(C)C)s1)N1CCC(C)(C)C1.I. The predicted octanol–water partition coefficient (Wildman–Crippen LogP) is 2.42. The molecule has 24 heavy (non-hydrogen) atoms. The number of sulfonamides is 1. The van der Waals surface area contributed by atoms with Crippen LogP contribution in [0.1, 0.15) is 25.1 Å². The number of hydrogen-bond donors (Lipinski definition) is 1. The topological polar surface area (TPSA) is 65.0 Å². The Labute approximate surface area is 166 Å². The summed E-state index contributed by atoms with van der Waals surface area (Å²) < 4.78 is 25.8. The van der Waals surface area contributed by atoms with Crippen LogP contribution in [0.25, 0.3) is 0 Å². The first-order valence-electron chi connectivity index (χ1n) is 7.62. The highest BCUT2D eigenvalue weighted by molar-refractivity contribution is 14.0. The lowest BCUT2D eigenvalue weighted by molar-refractivity contribution is 0.370. The van der Waals surface area contributed by atoms with Crippen LogP contribution in [-0.4, -0.2) is 57.8 Å². The molecular formula is C15H27IN4O2S2. The van der Waals surface area contributed by atoms with Crippen molar-refractivity contribution in [2.24, 2.45) is 10.4 Å². The average molecular weight is 486 g/mol. The van der Waals surface area contributed by atoms with Crippen LogP contribution in [0, 0.1) is 5.41 Å². The number of nitrogens with zero attached hydrogens (tertiary/aromatic N) is 3. The van der Waals surface area contributed by atoms with Gasteiger partial charge in [0.1, 0.15) is 4.21 Å². The summed E-state index contributed by atoms with van der Waals surface area (Å²) in [4.78, 5) is 7.58. The summed E-state index contributed by atoms with van der Waals surface area (Å²) in [5.74, 6) is 0.876. The van der Waals surface area contributed by atoms with E-state index in [2.05, 4.69) is 29.1 Å². The first-order chi connectivity index (χ1) is 10.7. The maximum absolute atomic E-state index is 12.1. The molecule has 1 aliphatic heterocycles. The van der Waals surface area contributed by atoms with Crippen molar-refractivity contribution >= 4 is 51.3 Å². The molecule has 1 aromatic rings. The summed E-state index contributed by atoms with van der Waals surface area (Å²) in [5, 5.41) is 3.34. The lowest BCUT2D eigenvalue weighted by Crippen LogP contribution is -2.40. The second kappa shape index (κ2) is 8.33. The van der Waals surface area contributed by atoms with E-state index in [1.807, 2.05) is 6.07 Å². The van der Waals surface area contributed by atoms with Crippen molar-refractivity contribution in [1.82, 2.24) is 14.5 Å². The number of likely N-dealkylation sites (tertiary alicyclic amines) is 1. The van der Waals surface area contributed by atoms with E-state index < -0.39 is 10.0 Å². The number of guanidine groups is 1. The minimum absolute atomic E-state index is 0. The quantitative estimate of drug-likeness (QED) is 0.404. The molecule has 1 aromatic heterocycles. The highest BCUT2D eigenvalue weighted by Gasteiger charge is 2.30. The molecule has 0 bridgehead atoms. The molecule has 0 aliphatic carbocycles. The Kier molecular flexibility index (Phi) is 7.51. The zero-order chi connectivity index (χ0) is 17.3. The van der Waals surface area contributed by atoms with Crippen LogP contribution in [-0.2, 0) is 16.6 Å². The smallest absolute Gasteiger partial charge is 0.252 e. The van der Waals surface area contributed by atoms with E-state index in [4.69, 9.17) is 0 Å². The molecule has 1 saturated heterocycles. The fourth-order valence-electron chi connectivity index (χ4n) is 2.56. The molecule has 0 aromatic carbocycles. The summed E-state index contributed by atoms with van der Waals surface area (Å²) in [7, 11) is 1.53. The van der Waals surface area contributed by atoms with Crippen LogP contribution in [0.4, 0.5) is 0 Å². The predicted molar refractivity (Wildman–Crippen MR) is 111 cm³/mol. The standard InChI is InChI=1S/C15H26N4O2S2.HI/c1-15(2)8-9-19(11-15)14(16-3)17-10-12-6-7-13(22-12)23(20,21)18(4)5;/h6-7H,8-11H2,1-5H3,(H,16,17);1H. The molecule has 9 heteroatoms. The van der Waals surface area contributed by atoms with Gasteiger partial charge in [-0.15, -0.1) is 35.3 Å². The minimum Gasteiger partial charge on any atom is -0.351 e. The number of thiophene rings is 1. The molecule has 2 rings (SSSR count). The van der Waals surface area contributed by atoms with Gasteiger partial charge in [-0.3, -0.25) is 4.99 Å². The summed E-state index contributed by atoms with van der Waals surface area (Å²) >= 11 is 1.30. The highest BCUT2D eigenvalue weighted by Crippen LogP contribution is 2.29. The van der Waals surface area contributed by atoms with Crippen LogP contribution < -0.4 is 5.32 Å². The minimum atomic E-state index is -3.35. The van der Waals surface area contributed by atoms with E-state index in [1.54, 1.807) is 27.2 Å². The molecule has 138 valence electrons. The number of halogens is 1. The summed E-state index contributed by atoms with van der Waals surface area (Å²) in [6.45, 7) is 7.09. The van der Waals surface area contributed by atoms with Gasteiger partial charge in [0, 0.05) is 39.1 Å². The molecule has 1 N–H and O–H groups in total. The third kappa shape index (κ3) is 5.06. The molecule has 1 aliphatic rings. The van der Waals surface area contributed by atoms with E-state index in [0.29, 0.717) is 16.2 Å². The second-order valence-electron chi connectivity index (χ2n) is 6.74. The summed E-state index contributed by atoms with van der Waals surface area (Å²) in [6.07, 6.45) is 1.15. The maximum atomic E-state index is 12.1. The van der Waals surface area contributed by atoms with Gasteiger partial charge < -0.3 is 10.2 Å². The molecule has 0 radical (unpaired) electrons. The van der Waals surface area contributed by atoms with Crippen molar-refractivity contribution < 1.29 is 8.42 Å². The fraction of sp³-hybridized carbons (Fsp3) is 0.667. The van der Waals surface area contributed by atoms with E-state index in [-0.39, 0.29) is 24.0 Å². The van der Waals surface area contributed by atoms with Gasteiger partial charge in [-0.2, -0.15) is 0 Å². The molecule has 0 amide bonds. The molecule has 0 spiro atoms. The third-order valence-electron chi connectivity index (χ3n) is 3.98. The Hall–Kier alpha value is -0.390. The van der Waals surface area contributed by atoms with E-state index in [0.717, 1.165) is 30.3 Å². The van der Waals surface area contributed by atoms with E-state index in [1.165, 1.54) is 15.6 Å². The summed E-state index contributed by atoms with van der Waals surface area (Å²) in [6, 6.07) is 3.52. The van der Waals surface area contributed by atoms with Crippen molar-refractivity contribution in [3.63, 3.8) is 0 Å². The first kappa shape index (κ1) is 21.7. The van der Waals surface area contributed by atoms with Gasteiger partial charge in [-0.25, -0.2) is 12.7 Å². The normalized spacial score (nSPS) is 17.9. The Morgan fingerprint density at radius 2 is 2.08 bits per heavy atom. The van der Waals surface area contributed by atoms with Gasteiger partial charge in [-0.05, 0) is 24.0 Å². The Morgan fingerprint density at radius 3 is 2.58 bits per heavy atom. The van der Waals surface area contributed by atoms with Crippen molar-refractivity contribution in [3.05, 3.63) is 17.0 Å². The Bertz CT molecular complexity index is 683. The van der Waals surface area contributed by atoms with Crippen molar-refractivity contribution in [2.45, 2.75) is 31.0 Å². The number of hydrogen-bond acceptors (Lipinski definition) is 4. The second-order valence-corrected chi connectivity index (χ2v) is 10.3. The molecule has 0 atom stereocenters. The van der Waals surface area contributed by atoms with Gasteiger partial charge in [0.15, 0.2) is 5.96 Å². The van der Waals surface area contributed by atoms with Gasteiger partial charge >= 0.3 is 0 Å². The lowest BCUT2D eigenvalue weighted by Gasteiger charge is -2.23. The lowest BCUT2D eigenvalue weighted by atomic mass is 9.93. The van der Waals surface area contributed by atoms with Gasteiger partial charge in [0.25, 0.3) is 10.0 Å². The largest absolute Gasteiger partial charge is 0.351 e. The van der Waals surface area contributed by atoms with Crippen LogP contribution in [0.3, 0.4) is 0 Å². The van der Waals surface area contributed by atoms with Crippen molar-refractivity contribution in [1.29, 1.82) is 0 Å². The molecule has 0 unspecified atom stereocenters. The van der Waals surface area contributed by atoms with E-state index in [9.17, 15) is 8.42 Å². The number of rotatable bonds is 4. The number of aliphatic imine (C=N–C) groups is 1. The molecule has 0 saturated carbocycles. The average Bonchev–Trinajstić information content (AvgIpc) is 3.06. The van der Waals surface area contributed by atoms with Crippen LogP contribution in [0.2, 0.25) is 0 Å². The Balaban J connectivity index is 0.00000288. The molecular weight excluding hydrogens is 459 g/mol. The van der Waals surface area contributed by atoms with Crippen LogP contribution in [0.5, 0.6) is 0 Å². The first-order valence-corrected chi connectivity index (χ1v) is 9.88. The zero-order valence-electron chi connectivity index (χ0n) is 14.9. The molecule has 2 heterocycles. The van der Waals surface area contributed by atoms with E-state index >= 15 is 0 Å². The van der Waals surface area contributed by atoms with Gasteiger partial charge in [0.2, 0.25) is 0 Å². The molecule has 6 nitrogen and oxygen atoms in total.